The molecule has 0 radical (unpaired) electrons. The second-order valence-electron chi connectivity index (χ2n) is 7.50. The SMILES string of the molecule is CCNC(=NCCc1nc(C(C)C)no1)N1CCN(c2cccc(C)c2)CC1. The first-order chi connectivity index (χ1) is 13.6. The van der Waals surface area contributed by atoms with E-state index >= 15 is 0 Å². The van der Waals surface area contributed by atoms with Crippen molar-refractivity contribution in [2.24, 2.45) is 4.99 Å². The van der Waals surface area contributed by atoms with Gasteiger partial charge in [0.2, 0.25) is 5.89 Å². The third kappa shape index (κ3) is 5.24. The van der Waals surface area contributed by atoms with E-state index in [1.165, 1.54) is 11.3 Å². The van der Waals surface area contributed by atoms with Crippen molar-refractivity contribution in [1.82, 2.24) is 20.4 Å². The summed E-state index contributed by atoms with van der Waals surface area (Å²) in [5.74, 6) is 2.67. The molecule has 0 aliphatic carbocycles. The van der Waals surface area contributed by atoms with Gasteiger partial charge in [0, 0.05) is 50.7 Å². The van der Waals surface area contributed by atoms with E-state index in [1.807, 2.05) is 0 Å². The van der Waals surface area contributed by atoms with Crippen molar-refractivity contribution in [3.63, 3.8) is 0 Å². The van der Waals surface area contributed by atoms with Gasteiger partial charge in [0.15, 0.2) is 11.8 Å². The molecule has 1 fully saturated rings. The van der Waals surface area contributed by atoms with E-state index < -0.39 is 0 Å². The van der Waals surface area contributed by atoms with Gasteiger partial charge in [-0.1, -0.05) is 31.1 Å². The number of anilines is 1. The maximum Gasteiger partial charge on any atom is 0.228 e. The van der Waals surface area contributed by atoms with Gasteiger partial charge >= 0.3 is 0 Å². The van der Waals surface area contributed by atoms with E-state index in [2.05, 4.69) is 77.2 Å². The number of rotatable bonds is 6. The Morgan fingerprint density at radius 3 is 2.68 bits per heavy atom. The molecule has 0 atom stereocenters. The van der Waals surface area contributed by atoms with Gasteiger partial charge in [-0.15, -0.1) is 0 Å². The summed E-state index contributed by atoms with van der Waals surface area (Å²) in [6, 6.07) is 8.72. The molecule has 1 N–H and O–H groups in total. The highest BCUT2D eigenvalue weighted by Crippen LogP contribution is 2.18. The third-order valence-electron chi connectivity index (χ3n) is 4.87. The van der Waals surface area contributed by atoms with E-state index in [9.17, 15) is 0 Å². The van der Waals surface area contributed by atoms with Crippen LogP contribution >= 0.6 is 0 Å². The van der Waals surface area contributed by atoms with Gasteiger partial charge in [0.05, 0.1) is 6.54 Å². The molecular weight excluding hydrogens is 352 g/mol. The lowest BCUT2D eigenvalue weighted by atomic mass is 10.2. The molecule has 0 bridgehead atoms. The smallest absolute Gasteiger partial charge is 0.228 e. The highest BCUT2D eigenvalue weighted by molar-refractivity contribution is 5.80. The molecule has 1 saturated heterocycles. The molecule has 7 heteroatoms. The van der Waals surface area contributed by atoms with E-state index in [0.29, 0.717) is 18.9 Å². The molecule has 28 heavy (non-hydrogen) atoms. The van der Waals surface area contributed by atoms with Crippen LogP contribution < -0.4 is 10.2 Å². The summed E-state index contributed by atoms with van der Waals surface area (Å²) in [4.78, 5) is 14.0. The number of piperazine rings is 1. The average Bonchev–Trinajstić information content (AvgIpc) is 3.17. The van der Waals surface area contributed by atoms with Crippen molar-refractivity contribution >= 4 is 11.6 Å². The zero-order valence-electron chi connectivity index (χ0n) is 17.5. The zero-order chi connectivity index (χ0) is 19.9. The highest BCUT2D eigenvalue weighted by Gasteiger charge is 2.20. The van der Waals surface area contributed by atoms with Crippen molar-refractivity contribution in [3.05, 3.63) is 41.5 Å². The fourth-order valence-corrected chi connectivity index (χ4v) is 3.29. The lowest BCUT2D eigenvalue weighted by Gasteiger charge is -2.37. The van der Waals surface area contributed by atoms with Gasteiger partial charge in [-0.05, 0) is 31.5 Å². The Balaban J connectivity index is 1.55. The van der Waals surface area contributed by atoms with Gasteiger partial charge in [-0.25, -0.2) is 0 Å². The molecule has 1 aliphatic heterocycles. The van der Waals surface area contributed by atoms with Crippen LogP contribution in [0.25, 0.3) is 0 Å². The van der Waals surface area contributed by atoms with E-state index in [4.69, 9.17) is 9.52 Å². The summed E-state index contributed by atoms with van der Waals surface area (Å²) >= 11 is 0. The number of benzene rings is 1. The minimum absolute atomic E-state index is 0.281. The van der Waals surface area contributed by atoms with Crippen LogP contribution in [0.1, 0.15) is 44.0 Å². The summed E-state index contributed by atoms with van der Waals surface area (Å²) in [7, 11) is 0. The van der Waals surface area contributed by atoms with Crippen LogP contribution in [0.5, 0.6) is 0 Å². The first-order valence-corrected chi connectivity index (χ1v) is 10.2. The fraction of sp³-hybridized carbons (Fsp3) is 0.571. The van der Waals surface area contributed by atoms with Crippen molar-refractivity contribution in [2.75, 3.05) is 44.2 Å². The molecular formula is C21H32N6O. The maximum absolute atomic E-state index is 5.31. The van der Waals surface area contributed by atoms with Crippen LogP contribution in [-0.4, -0.2) is 60.3 Å². The van der Waals surface area contributed by atoms with Gasteiger partial charge in [-0.3, -0.25) is 4.99 Å². The number of guanidine groups is 1. The van der Waals surface area contributed by atoms with E-state index in [1.54, 1.807) is 0 Å². The van der Waals surface area contributed by atoms with Crippen LogP contribution in [0, 0.1) is 6.92 Å². The quantitative estimate of drug-likeness (QED) is 0.610. The standard InChI is InChI=1S/C21H32N6O/c1-5-22-21(23-10-9-19-24-20(16(2)3)25-28-19)27-13-11-26(12-14-27)18-8-6-7-17(4)15-18/h6-8,15-16H,5,9-14H2,1-4H3,(H,22,23). The van der Waals surface area contributed by atoms with Gasteiger partial charge in [0.25, 0.3) is 0 Å². The largest absolute Gasteiger partial charge is 0.368 e. The van der Waals surface area contributed by atoms with Gasteiger partial charge in [-0.2, -0.15) is 4.98 Å². The molecule has 0 saturated carbocycles. The molecule has 152 valence electrons. The van der Waals surface area contributed by atoms with Crippen molar-refractivity contribution in [3.8, 4) is 0 Å². The summed E-state index contributed by atoms with van der Waals surface area (Å²) in [6.45, 7) is 13.8. The molecule has 1 aliphatic rings. The van der Waals surface area contributed by atoms with Gasteiger partial charge in [0.1, 0.15) is 0 Å². The number of aryl methyl sites for hydroxylation is 1. The normalized spacial score (nSPS) is 15.4. The molecule has 2 aromatic rings. The third-order valence-corrected chi connectivity index (χ3v) is 4.87. The summed E-state index contributed by atoms with van der Waals surface area (Å²) in [5.41, 5.74) is 2.61. The number of aliphatic imine (C=N–C) groups is 1. The minimum Gasteiger partial charge on any atom is -0.368 e. The molecule has 0 unspecified atom stereocenters. The predicted octanol–water partition coefficient (Wildman–Crippen LogP) is 2.83. The lowest BCUT2D eigenvalue weighted by Crippen LogP contribution is -2.52. The zero-order valence-corrected chi connectivity index (χ0v) is 17.5. The molecule has 1 aromatic carbocycles. The molecule has 2 heterocycles. The van der Waals surface area contributed by atoms with E-state index in [0.717, 1.165) is 44.5 Å². The van der Waals surface area contributed by atoms with Crippen LogP contribution in [0.15, 0.2) is 33.8 Å². The van der Waals surface area contributed by atoms with E-state index in [-0.39, 0.29) is 5.92 Å². The fourth-order valence-electron chi connectivity index (χ4n) is 3.29. The maximum atomic E-state index is 5.31. The Hall–Kier alpha value is -2.57. The van der Waals surface area contributed by atoms with Crippen LogP contribution in [-0.2, 0) is 6.42 Å². The highest BCUT2D eigenvalue weighted by atomic mass is 16.5. The lowest BCUT2D eigenvalue weighted by molar-refractivity contribution is 0.366. The summed E-state index contributed by atoms with van der Waals surface area (Å²) < 4.78 is 5.31. The molecule has 1 aromatic heterocycles. The average molecular weight is 385 g/mol. The van der Waals surface area contributed by atoms with Crippen LogP contribution in [0.2, 0.25) is 0 Å². The Kier molecular flexibility index (Phi) is 6.90. The Bertz CT molecular complexity index is 777. The molecule has 7 nitrogen and oxygen atoms in total. The second kappa shape index (κ2) is 9.57. The van der Waals surface area contributed by atoms with Crippen LogP contribution in [0.3, 0.4) is 0 Å². The van der Waals surface area contributed by atoms with Crippen molar-refractivity contribution < 1.29 is 4.52 Å². The first kappa shape index (κ1) is 20.2. The molecule has 3 rings (SSSR count). The second-order valence-corrected chi connectivity index (χ2v) is 7.50. The number of hydrogen-bond acceptors (Lipinski definition) is 5. The van der Waals surface area contributed by atoms with Crippen molar-refractivity contribution in [2.45, 2.75) is 40.0 Å². The molecule has 0 amide bonds. The number of hydrogen-bond donors (Lipinski definition) is 1. The number of nitrogens with zero attached hydrogens (tertiary/aromatic N) is 5. The summed E-state index contributed by atoms with van der Waals surface area (Å²) in [6.07, 6.45) is 0.665. The predicted molar refractivity (Wildman–Crippen MR) is 113 cm³/mol. The van der Waals surface area contributed by atoms with Gasteiger partial charge < -0.3 is 19.6 Å². The Labute approximate surface area is 167 Å². The molecule has 0 spiro atoms. The Morgan fingerprint density at radius 2 is 2.04 bits per heavy atom. The summed E-state index contributed by atoms with van der Waals surface area (Å²) in [5, 5.41) is 7.43. The number of nitrogens with one attached hydrogen (secondary N) is 1. The monoisotopic (exact) mass is 384 g/mol. The van der Waals surface area contributed by atoms with Crippen molar-refractivity contribution in [1.29, 1.82) is 0 Å². The topological polar surface area (TPSA) is 69.8 Å². The van der Waals surface area contributed by atoms with Crippen LogP contribution in [0.4, 0.5) is 5.69 Å². The number of aromatic nitrogens is 2. The Morgan fingerprint density at radius 1 is 1.25 bits per heavy atom. The minimum atomic E-state index is 0.281. The first-order valence-electron chi connectivity index (χ1n) is 10.2.